The van der Waals surface area contributed by atoms with E-state index in [2.05, 4.69) is 26.8 Å². The van der Waals surface area contributed by atoms with E-state index in [-0.39, 0.29) is 6.61 Å². The molecule has 0 aliphatic heterocycles. The van der Waals surface area contributed by atoms with Gasteiger partial charge in [0.15, 0.2) is 12.7 Å². The molecule has 6 nitrogen and oxygen atoms in total. The maximum Gasteiger partial charge on any atom is 0.279 e. The van der Waals surface area contributed by atoms with Gasteiger partial charge in [-0.15, -0.1) is 0 Å². The van der Waals surface area contributed by atoms with E-state index < -0.39 is 17.9 Å². The third-order valence-corrected chi connectivity index (χ3v) is 5.27. The number of hydrogen-bond donors (Lipinski definition) is 2. The quantitative estimate of drug-likeness (QED) is 0.405. The molecule has 2 N–H and O–H groups in total. The van der Waals surface area contributed by atoms with Gasteiger partial charge in [-0.05, 0) is 47.9 Å². The summed E-state index contributed by atoms with van der Waals surface area (Å²) in [6.07, 6.45) is -0.340. The van der Waals surface area contributed by atoms with Crippen molar-refractivity contribution >= 4 is 39.3 Å². The Morgan fingerprint density at radius 2 is 1.66 bits per heavy atom. The van der Waals surface area contributed by atoms with Crippen LogP contribution in [0.3, 0.4) is 0 Å². The molecule has 0 aliphatic rings. The van der Waals surface area contributed by atoms with Gasteiger partial charge in [0, 0.05) is 4.47 Å². The highest BCUT2D eigenvalue weighted by Gasteiger charge is 2.19. The number of benzene rings is 3. The smallest absolute Gasteiger partial charge is 0.279 e. The Balaban J connectivity index is 1.48. The summed E-state index contributed by atoms with van der Waals surface area (Å²) < 4.78 is 12.0. The zero-order valence-electron chi connectivity index (χ0n) is 17.3. The summed E-state index contributed by atoms with van der Waals surface area (Å²) in [5.41, 5.74) is 6.83. The van der Waals surface area contributed by atoms with E-state index in [1.54, 1.807) is 18.2 Å². The molecule has 0 bridgehead atoms. The van der Waals surface area contributed by atoms with E-state index in [0.717, 1.165) is 15.6 Å². The van der Waals surface area contributed by atoms with Gasteiger partial charge in [0.1, 0.15) is 11.5 Å². The average molecular weight is 518 g/mol. The predicted octanol–water partition coefficient (Wildman–Crippen LogP) is 5.15. The number of hydrogen-bond acceptors (Lipinski definition) is 4. The van der Waals surface area contributed by atoms with Crippen molar-refractivity contribution in [3.8, 4) is 22.6 Å². The summed E-state index contributed by atoms with van der Waals surface area (Å²) in [6.45, 7) is 1.52. The fourth-order valence-electron chi connectivity index (χ4n) is 2.83. The molecule has 0 heterocycles. The van der Waals surface area contributed by atoms with Gasteiger partial charge < -0.3 is 9.47 Å². The molecule has 8 heteroatoms. The highest BCUT2D eigenvalue weighted by Crippen LogP contribution is 2.27. The lowest BCUT2D eigenvalue weighted by Gasteiger charge is -2.18. The fourth-order valence-corrected chi connectivity index (χ4v) is 3.55. The average Bonchev–Trinajstić information content (AvgIpc) is 2.81. The van der Waals surface area contributed by atoms with Crippen molar-refractivity contribution < 1.29 is 19.1 Å². The monoisotopic (exact) mass is 516 g/mol. The number of carbonyl (C=O) groups excluding carboxylic acids is 2. The molecular weight excluding hydrogens is 496 g/mol. The number of ether oxygens (including phenoxy) is 2. The van der Waals surface area contributed by atoms with Crippen LogP contribution in [0.15, 0.2) is 77.3 Å². The summed E-state index contributed by atoms with van der Waals surface area (Å²) in [5.74, 6) is -0.0645. The van der Waals surface area contributed by atoms with E-state index in [0.29, 0.717) is 22.9 Å². The first-order valence-electron chi connectivity index (χ1n) is 9.95. The Morgan fingerprint density at radius 3 is 2.31 bits per heavy atom. The van der Waals surface area contributed by atoms with Crippen molar-refractivity contribution in [2.24, 2.45) is 0 Å². The standard InChI is InChI=1S/C24H22BrClN2O4/c1-2-21(32-19-11-8-17(9-12-19)16-6-4-3-5-7-16)24(30)28-27-23(29)15-31-22-13-10-18(25)14-20(22)26/h3-14,21H,2,15H2,1H3,(H,27,29)(H,28,30). The largest absolute Gasteiger partial charge is 0.482 e. The Hall–Kier alpha value is -3.03. The second kappa shape index (κ2) is 11.5. The molecule has 0 radical (unpaired) electrons. The molecule has 0 aliphatic carbocycles. The lowest BCUT2D eigenvalue weighted by molar-refractivity contribution is -0.134. The summed E-state index contributed by atoms with van der Waals surface area (Å²) in [7, 11) is 0. The molecule has 1 atom stereocenters. The first kappa shape index (κ1) is 23.6. The highest BCUT2D eigenvalue weighted by molar-refractivity contribution is 9.10. The zero-order valence-corrected chi connectivity index (χ0v) is 19.7. The van der Waals surface area contributed by atoms with Gasteiger partial charge in [0.25, 0.3) is 11.8 Å². The first-order valence-corrected chi connectivity index (χ1v) is 11.1. The van der Waals surface area contributed by atoms with Crippen molar-refractivity contribution in [1.82, 2.24) is 10.9 Å². The van der Waals surface area contributed by atoms with Crippen molar-refractivity contribution in [1.29, 1.82) is 0 Å². The molecule has 3 rings (SSSR count). The predicted molar refractivity (Wildman–Crippen MR) is 128 cm³/mol. The van der Waals surface area contributed by atoms with Crippen LogP contribution in [0.25, 0.3) is 11.1 Å². The second-order valence-electron chi connectivity index (χ2n) is 6.81. The summed E-state index contributed by atoms with van der Waals surface area (Å²) in [6, 6.07) is 22.5. The minimum atomic E-state index is -0.764. The van der Waals surface area contributed by atoms with Crippen LogP contribution in [0.5, 0.6) is 11.5 Å². The molecule has 0 spiro atoms. The Morgan fingerprint density at radius 1 is 0.969 bits per heavy atom. The SMILES string of the molecule is CCC(Oc1ccc(-c2ccccc2)cc1)C(=O)NNC(=O)COc1ccc(Br)cc1Cl. The lowest BCUT2D eigenvalue weighted by atomic mass is 10.1. The molecule has 0 saturated carbocycles. The Kier molecular flexibility index (Phi) is 8.53. The molecule has 0 fully saturated rings. The number of amides is 2. The van der Waals surface area contributed by atoms with Gasteiger partial charge in [0.05, 0.1) is 5.02 Å². The van der Waals surface area contributed by atoms with Gasteiger partial charge in [-0.3, -0.25) is 20.4 Å². The first-order chi connectivity index (χ1) is 15.5. The molecule has 0 saturated heterocycles. The minimum absolute atomic E-state index is 0.305. The van der Waals surface area contributed by atoms with Crippen LogP contribution in [0.2, 0.25) is 5.02 Å². The highest BCUT2D eigenvalue weighted by atomic mass is 79.9. The van der Waals surface area contributed by atoms with Gasteiger partial charge in [-0.1, -0.05) is 76.9 Å². The minimum Gasteiger partial charge on any atom is -0.482 e. The van der Waals surface area contributed by atoms with Crippen LogP contribution in [-0.2, 0) is 9.59 Å². The van der Waals surface area contributed by atoms with Crippen LogP contribution in [0.1, 0.15) is 13.3 Å². The zero-order chi connectivity index (χ0) is 22.9. The van der Waals surface area contributed by atoms with E-state index >= 15 is 0 Å². The maximum atomic E-state index is 12.4. The molecule has 2 amide bonds. The van der Waals surface area contributed by atoms with Gasteiger partial charge in [-0.2, -0.15) is 0 Å². The normalized spacial score (nSPS) is 11.3. The van der Waals surface area contributed by atoms with Crippen LogP contribution in [0, 0.1) is 0 Å². The molecule has 1 unspecified atom stereocenters. The van der Waals surface area contributed by atoms with E-state index in [4.69, 9.17) is 21.1 Å². The molecule has 3 aromatic rings. The van der Waals surface area contributed by atoms with Crippen molar-refractivity contribution in [3.63, 3.8) is 0 Å². The van der Waals surface area contributed by atoms with E-state index in [1.807, 2.05) is 61.5 Å². The topological polar surface area (TPSA) is 76.7 Å². The number of hydrazine groups is 1. The summed E-state index contributed by atoms with van der Waals surface area (Å²) in [5, 5.41) is 0.369. The van der Waals surface area contributed by atoms with Crippen molar-refractivity contribution in [2.75, 3.05) is 6.61 Å². The van der Waals surface area contributed by atoms with Crippen LogP contribution in [0.4, 0.5) is 0 Å². The molecule has 32 heavy (non-hydrogen) atoms. The molecule has 3 aromatic carbocycles. The number of halogens is 2. The summed E-state index contributed by atoms with van der Waals surface area (Å²) in [4.78, 5) is 24.4. The van der Waals surface area contributed by atoms with Crippen LogP contribution < -0.4 is 20.3 Å². The number of rotatable bonds is 8. The van der Waals surface area contributed by atoms with E-state index in [9.17, 15) is 9.59 Å². The Bertz CT molecular complexity index is 1060. The number of carbonyl (C=O) groups is 2. The molecule has 0 aromatic heterocycles. The van der Waals surface area contributed by atoms with Crippen LogP contribution >= 0.6 is 27.5 Å². The third kappa shape index (κ3) is 6.73. The fraction of sp³-hybridized carbons (Fsp3) is 0.167. The van der Waals surface area contributed by atoms with E-state index in [1.165, 1.54) is 0 Å². The van der Waals surface area contributed by atoms with Crippen molar-refractivity contribution in [3.05, 3.63) is 82.3 Å². The lowest BCUT2D eigenvalue weighted by Crippen LogP contribution is -2.49. The maximum absolute atomic E-state index is 12.4. The van der Waals surface area contributed by atoms with Crippen molar-refractivity contribution in [2.45, 2.75) is 19.4 Å². The molecular formula is C24H22BrClN2O4. The van der Waals surface area contributed by atoms with Crippen LogP contribution in [-0.4, -0.2) is 24.5 Å². The molecule has 166 valence electrons. The number of nitrogens with one attached hydrogen (secondary N) is 2. The van der Waals surface area contributed by atoms with Gasteiger partial charge >= 0.3 is 0 Å². The van der Waals surface area contributed by atoms with Gasteiger partial charge in [0.2, 0.25) is 0 Å². The third-order valence-electron chi connectivity index (χ3n) is 4.48. The summed E-state index contributed by atoms with van der Waals surface area (Å²) >= 11 is 9.35. The van der Waals surface area contributed by atoms with Gasteiger partial charge in [-0.25, -0.2) is 0 Å². The Labute approximate surface area is 200 Å². The second-order valence-corrected chi connectivity index (χ2v) is 8.13.